The minimum absolute atomic E-state index is 0.0305. The van der Waals surface area contributed by atoms with Crippen molar-refractivity contribution in [3.05, 3.63) is 40.2 Å². The number of carbonyl (C=O) groups is 3. The number of ketones is 3. The summed E-state index contributed by atoms with van der Waals surface area (Å²) in [7, 11) is 0. The van der Waals surface area contributed by atoms with Crippen LogP contribution in [0.5, 0.6) is 17.2 Å². The Morgan fingerprint density at radius 3 is 2.12 bits per heavy atom. The maximum atomic E-state index is 14.2. The number of phenolic OH excluding ortho intramolecular Hbond substituents is 2. The molecule has 0 spiro atoms. The second-order valence-electron chi connectivity index (χ2n) is 15.1. The Labute approximate surface area is 256 Å². The third kappa shape index (κ3) is 4.91. The van der Waals surface area contributed by atoms with Crippen LogP contribution in [0.4, 0.5) is 0 Å². The van der Waals surface area contributed by atoms with Crippen LogP contribution in [0, 0.1) is 34.5 Å². The number of aliphatic hydroxyl groups is 1. The van der Waals surface area contributed by atoms with Gasteiger partial charge in [-0.15, -0.1) is 0 Å². The first-order valence-corrected chi connectivity index (χ1v) is 15.8. The molecule has 7 nitrogen and oxygen atoms in total. The summed E-state index contributed by atoms with van der Waals surface area (Å²) in [6.45, 7) is 20.2. The number of carbonyl (C=O) groups excluding carboxylic acids is 3. The minimum Gasteiger partial charge on any atom is -0.511 e. The van der Waals surface area contributed by atoms with Crippen LogP contribution < -0.4 is 4.74 Å². The molecule has 0 bridgehead atoms. The van der Waals surface area contributed by atoms with E-state index in [1.165, 1.54) is 0 Å². The summed E-state index contributed by atoms with van der Waals surface area (Å²) in [5.41, 5.74) is -3.06. The maximum Gasteiger partial charge on any atom is 0.175 e. The van der Waals surface area contributed by atoms with Crippen LogP contribution >= 0.6 is 0 Å². The second-order valence-corrected chi connectivity index (χ2v) is 15.1. The molecule has 236 valence electrons. The van der Waals surface area contributed by atoms with Gasteiger partial charge in [0.15, 0.2) is 17.3 Å². The number of allylic oxidation sites excluding steroid dienone is 3. The predicted molar refractivity (Wildman–Crippen MR) is 167 cm³/mol. The maximum absolute atomic E-state index is 14.2. The van der Waals surface area contributed by atoms with Crippen molar-refractivity contribution < 1.29 is 34.4 Å². The van der Waals surface area contributed by atoms with Crippen LogP contribution in [-0.2, 0) is 9.59 Å². The van der Waals surface area contributed by atoms with Gasteiger partial charge in [0.1, 0.15) is 34.2 Å². The van der Waals surface area contributed by atoms with E-state index in [9.17, 15) is 29.7 Å². The van der Waals surface area contributed by atoms with E-state index in [1.807, 2.05) is 40.7 Å². The molecule has 0 fully saturated rings. The summed E-state index contributed by atoms with van der Waals surface area (Å²) >= 11 is 0. The third-order valence-corrected chi connectivity index (χ3v) is 10.4. The quantitative estimate of drug-likeness (QED) is 0.159. The monoisotopic (exact) mass is 594 g/mol. The lowest BCUT2D eigenvalue weighted by Crippen LogP contribution is -2.50. The molecule has 0 saturated heterocycles. The van der Waals surface area contributed by atoms with Crippen LogP contribution in [0.2, 0.25) is 0 Å². The zero-order chi connectivity index (χ0) is 32.6. The van der Waals surface area contributed by atoms with Gasteiger partial charge in [-0.1, -0.05) is 54.0 Å². The van der Waals surface area contributed by atoms with Gasteiger partial charge in [0.2, 0.25) is 0 Å². The number of hydrogen-bond donors (Lipinski definition) is 3. The fourth-order valence-electron chi connectivity index (χ4n) is 7.45. The van der Waals surface area contributed by atoms with Crippen molar-refractivity contribution in [2.24, 2.45) is 34.5 Å². The van der Waals surface area contributed by atoms with Crippen molar-refractivity contribution >= 4 is 17.3 Å². The van der Waals surface area contributed by atoms with Gasteiger partial charge in [-0.3, -0.25) is 14.4 Å². The van der Waals surface area contributed by atoms with Gasteiger partial charge >= 0.3 is 0 Å². The molecule has 0 saturated carbocycles. The normalized spacial score (nSPS) is 27.3. The number of benzene rings is 1. The summed E-state index contributed by atoms with van der Waals surface area (Å²) < 4.78 is 6.70. The Morgan fingerprint density at radius 1 is 0.977 bits per heavy atom. The van der Waals surface area contributed by atoms with Crippen molar-refractivity contribution in [1.82, 2.24) is 0 Å². The highest BCUT2D eigenvalue weighted by molar-refractivity contribution is 6.19. The van der Waals surface area contributed by atoms with Gasteiger partial charge in [0.25, 0.3) is 0 Å². The fraction of sp³-hybridized carbons (Fsp3) is 0.639. The molecular weight excluding hydrogens is 544 g/mol. The Hall–Kier alpha value is -3.09. The fourth-order valence-corrected chi connectivity index (χ4v) is 7.45. The Morgan fingerprint density at radius 2 is 1.58 bits per heavy atom. The van der Waals surface area contributed by atoms with Crippen molar-refractivity contribution in [3.63, 3.8) is 0 Å². The van der Waals surface area contributed by atoms with Gasteiger partial charge < -0.3 is 20.1 Å². The first-order valence-electron chi connectivity index (χ1n) is 15.8. The number of fused-ring (bicyclic) bond motifs is 3. The van der Waals surface area contributed by atoms with Crippen LogP contribution in [0.25, 0.3) is 0 Å². The summed E-state index contributed by atoms with van der Waals surface area (Å²) in [5, 5.41) is 35.5. The van der Waals surface area contributed by atoms with Crippen molar-refractivity contribution in [2.75, 3.05) is 0 Å². The molecule has 1 aromatic rings. The highest BCUT2D eigenvalue weighted by Crippen LogP contribution is 2.62. The number of aromatic hydroxyl groups is 2. The molecule has 4 rings (SSSR count). The average Bonchev–Trinajstić information content (AvgIpc) is 3.22. The van der Waals surface area contributed by atoms with E-state index < -0.39 is 39.7 Å². The molecule has 5 atom stereocenters. The molecule has 0 aromatic heterocycles. The Kier molecular flexibility index (Phi) is 8.25. The summed E-state index contributed by atoms with van der Waals surface area (Å²) in [6.07, 6.45) is 5.47. The van der Waals surface area contributed by atoms with E-state index in [0.717, 1.165) is 0 Å². The Balaban J connectivity index is 2.14. The SMILES string of the molecule is CCC(C)[C@H](C1=C(O)C(C)(C)C(=O)C(C)(C)C1=O)c1c(O)c(C(=O)CC(C)C)c(O)c2c1O[C@]1(C)C=C[C@@H](C(C)C)C[C@H]21. The topological polar surface area (TPSA) is 121 Å². The molecule has 7 heteroatoms. The molecule has 1 aromatic carbocycles. The number of phenols is 2. The first-order chi connectivity index (χ1) is 19.7. The van der Waals surface area contributed by atoms with Gasteiger partial charge in [0, 0.05) is 35.0 Å². The summed E-state index contributed by atoms with van der Waals surface area (Å²) in [5.74, 6) is -3.09. The van der Waals surface area contributed by atoms with E-state index in [0.29, 0.717) is 24.3 Å². The highest BCUT2D eigenvalue weighted by Gasteiger charge is 2.57. The number of ether oxygens (including phenoxy) is 1. The molecule has 43 heavy (non-hydrogen) atoms. The number of aliphatic hydroxyl groups excluding tert-OH is 1. The van der Waals surface area contributed by atoms with Crippen LogP contribution in [0.15, 0.2) is 23.5 Å². The molecule has 0 radical (unpaired) electrons. The van der Waals surface area contributed by atoms with E-state index >= 15 is 0 Å². The number of Topliss-reactive ketones (excluding diaryl/α,β-unsaturated/α-hetero) is 3. The third-order valence-electron chi connectivity index (χ3n) is 10.4. The molecule has 3 aliphatic rings. The Bertz CT molecular complexity index is 1420. The molecule has 2 aliphatic carbocycles. The van der Waals surface area contributed by atoms with Crippen LogP contribution in [0.3, 0.4) is 0 Å². The van der Waals surface area contributed by atoms with E-state index in [-0.39, 0.29) is 69.8 Å². The van der Waals surface area contributed by atoms with Gasteiger partial charge in [-0.2, -0.15) is 0 Å². The lowest BCUT2D eigenvalue weighted by atomic mass is 9.59. The lowest BCUT2D eigenvalue weighted by Gasteiger charge is -2.42. The molecule has 1 aliphatic heterocycles. The van der Waals surface area contributed by atoms with E-state index in [4.69, 9.17) is 4.74 Å². The lowest BCUT2D eigenvalue weighted by molar-refractivity contribution is -0.144. The van der Waals surface area contributed by atoms with Gasteiger partial charge in [-0.05, 0) is 70.8 Å². The van der Waals surface area contributed by atoms with Gasteiger partial charge in [-0.25, -0.2) is 0 Å². The van der Waals surface area contributed by atoms with Gasteiger partial charge in [0.05, 0.1) is 10.8 Å². The zero-order valence-corrected chi connectivity index (χ0v) is 27.7. The average molecular weight is 595 g/mol. The summed E-state index contributed by atoms with van der Waals surface area (Å²) in [4.78, 5) is 41.3. The molecule has 1 unspecified atom stereocenters. The van der Waals surface area contributed by atoms with E-state index in [1.54, 1.807) is 27.7 Å². The molecular formula is C36H50O7. The largest absolute Gasteiger partial charge is 0.511 e. The highest BCUT2D eigenvalue weighted by atomic mass is 16.5. The summed E-state index contributed by atoms with van der Waals surface area (Å²) in [6, 6.07) is 0. The molecule has 1 heterocycles. The van der Waals surface area contributed by atoms with Crippen molar-refractivity contribution in [2.45, 2.75) is 113 Å². The minimum atomic E-state index is -1.42. The predicted octanol–water partition coefficient (Wildman–Crippen LogP) is 7.94. The first kappa shape index (κ1) is 32.8. The van der Waals surface area contributed by atoms with E-state index in [2.05, 4.69) is 19.9 Å². The van der Waals surface area contributed by atoms with Crippen molar-refractivity contribution in [3.8, 4) is 17.2 Å². The molecule has 3 N–H and O–H groups in total. The van der Waals surface area contributed by atoms with Crippen LogP contribution in [-0.4, -0.2) is 38.3 Å². The second kappa shape index (κ2) is 10.8. The smallest absolute Gasteiger partial charge is 0.175 e. The zero-order valence-electron chi connectivity index (χ0n) is 27.7. The molecule has 0 amide bonds. The number of hydrogen-bond acceptors (Lipinski definition) is 7. The number of rotatable bonds is 8. The van der Waals surface area contributed by atoms with Crippen LogP contribution in [0.1, 0.15) is 129 Å². The van der Waals surface area contributed by atoms with Crippen molar-refractivity contribution in [1.29, 1.82) is 0 Å². The standard InChI is InChI=1S/C36H50O7/c1-12-19(6)23(27-31(40)34(7,8)33(42)35(9,10)32(27)41)26-29(39)25(22(37)15-17(2)3)28(38)24-21-16-20(18(4)5)13-14-36(21,11)43-30(24)26/h13-14,17-21,23,38-40H,12,15-16H2,1-11H3/t19?,20-,21-,23+,36-/m1/s1.